The van der Waals surface area contributed by atoms with E-state index in [9.17, 15) is 0 Å². The van der Waals surface area contributed by atoms with Crippen molar-refractivity contribution in [3.63, 3.8) is 0 Å². The minimum atomic E-state index is 0.268. The Morgan fingerprint density at radius 2 is 2.32 bits per heavy atom. The summed E-state index contributed by atoms with van der Waals surface area (Å²) in [5.74, 6) is 1.45. The van der Waals surface area contributed by atoms with Crippen LogP contribution in [0.5, 0.6) is 11.5 Å². The first-order valence-electron chi connectivity index (χ1n) is 6.74. The molecule has 0 aliphatic carbocycles. The topological polar surface area (TPSA) is 33.7 Å². The van der Waals surface area contributed by atoms with Crippen molar-refractivity contribution >= 4 is 11.6 Å². The fourth-order valence-corrected chi connectivity index (χ4v) is 3.20. The van der Waals surface area contributed by atoms with E-state index < -0.39 is 0 Å². The molecule has 1 saturated heterocycles. The van der Waals surface area contributed by atoms with Crippen LogP contribution in [0, 0.1) is 0 Å². The van der Waals surface area contributed by atoms with Crippen molar-refractivity contribution in [3.05, 3.63) is 22.7 Å². The summed E-state index contributed by atoms with van der Waals surface area (Å²) >= 11 is 6.22. The van der Waals surface area contributed by atoms with Crippen LogP contribution < -0.4 is 14.8 Å². The summed E-state index contributed by atoms with van der Waals surface area (Å²) in [5.41, 5.74) is 1.19. The summed E-state index contributed by atoms with van der Waals surface area (Å²) in [4.78, 5) is 2.50. The van der Waals surface area contributed by atoms with Gasteiger partial charge in [-0.25, -0.2) is 0 Å². The van der Waals surface area contributed by atoms with Gasteiger partial charge < -0.3 is 14.8 Å². The lowest BCUT2D eigenvalue weighted by Crippen LogP contribution is -2.36. The lowest BCUT2D eigenvalue weighted by atomic mass is 10.1. The van der Waals surface area contributed by atoms with E-state index in [1.165, 1.54) is 18.4 Å². The van der Waals surface area contributed by atoms with E-state index in [-0.39, 0.29) is 6.79 Å². The van der Waals surface area contributed by atoms with E-state index in [1.54, 1.807) is 0 Å². The van der Waals surface area contributed by atoms with Crippen LogP contribution >= 0.6 is 11.6 Å². The second kappa shape index (κ2) is 5.57. The zero-order chi connectivity index (χ0) is 13.2. The molecule has 3 rings (SSSR count). The molecule has 1 unspecified atom stereocenters. The summed E-state index contributed by atoms with van der Waals surface area (Å²) in [5, 5.41) is 3.91. The van der Waals surface area contributed by atoms with Crippen molar-refractivity contribution in [2.75, 3.05) is 26.9 Å². The number of likely N-dealkylation sites (N-methyl/N-ethyl adjacent to an activating group) is 1. The van der Waals surface area contributed by atoms with Crippen molar-refractivity contribution < 1.29 is 9.47 Å². The molecule has 2 aliphatic rings. The minimum Gasteiger partial charge on any atom is -0.454 e. The Bertz CT molecular complexity index is 467. The van der Waals surface area contributed by atoms with E-state index in [4.69, 9.17) is 21.1 Å². The molecule has 0 spiro atoms. The van der Waals surface area contributed by atoms with E-state index in [2.05, 4.69) is 10.2 Å². The number of hydrogen-bond acceptors (Lipinski definition) is 4. The van der Waals surface area contributed by atoms with Gasteiger partial charge in [0.25, 0.3) is 0 Å². The maximum Gasteiger partial charge on any atom is 0.231 e. The van der Waals surface area contributed by atoms with Crippen molar-refractivity contribution in [2.24, 2.45) is 0 Å². The van der Waals surface area contributed by atoms with Gasteiger partial charge >= 0.3 is 0 Å². The standard InChI is InChI=1S/C14H19ClN2O2/c1-16-7-11-3-2-4-17(11)8-10-5-12(15)14-13(6-10)18-9-19-14/h5-6,11,16H,2-4,7-9H2,1H3. The van der Waals surface area contributed by atoms with Gasteiger partial charge in [0.1, 0.15) is 0 Å². The zero-order valence-electron chi connectivity index (χ0n) is 11.1. The van der Waals surface area contributed by atoms with Gasteiger partial charge in [0.15, 0.2) is 11.5 Å². The van der Waals surface area contributed by atoms with Gasteiger partial charge in [0, 0.05) is 19.1 Å². The Labute approximate surface area is 118 Å². The second-order valence-corrected chi connectivity index (χ2v) is 5.54. The third kappa shape index (κ3) is 2.66. The van der Waals surface area contributed by atoms with E-state index in [0.717, 1.165) is 25.4 Å². The van der Waals surface area contributed by atoms with Crippen LogP contribution in [-0.4, -0.2) is 37.9 Å². The highest BCUT2D eigenvalue weighted by Crippen LogP contribution is 2.40. The summed E-state index contributed by atoms with van der Waals surface area (Å²) in [6.45, 7) is 3.38. The summed E-state index contributed by atoms with van der Waals surface area (Å²) < 4.78 is 10.8. The Morgan fingerprint density at radius 1 is 1.42 bits per heavy atom. The molecule has 0 radical (unpaired) electrons. The van der Waals surface area contributed by atoms with Gasteiger partial charge in [-0.15, -0.1) is 0 Å². The molecule has 0 saturated carbocycles. The molecule has 0 bridgehead atoms. The van der Waals surface area contributed by atoms with Crippen molar-refractivity contribution in [2.45, 2.75) is 25.4 Å². The van der Waals surface area contributed by atoms with E-state index in [1.807, 2.05) is 19.2 Å². The predicted molar refractivity (Wildman–Crippen MR) is 74.9 cm³/mol. The van der Waals surface area contributed by atoms with Crippen molar-refractivity contribution in [3.8, 4) is 11.5 Å². The first-order valence-corrected chi connectivity index (χ1v) is 7.12. The molecule has 5 heteroatoms. The SMILES string of the molecule is CNCC1CCCN1Cc1cc(Cl)c2c(c1)OCO2. The zero-order valence-corrected chi connectivity index (χ0v) is 11.9. The van der Waals surface area contributed by atoms with Gasteiger partial charge in [-0.1, -0.05) is 11.6 Å². The quantitative estimate of drug-likeness (QED) is 0.918. The lowest BCUT2D eigenvalue weighted by molar-refractivity contribution is 0.174. The molecule has 1 N–H and O–H groups in total. The number of ether oxygens (including phenoxy) is 2. The molecule has 1 atom stereocenters. The Hall–Kier alpha value is -0.970. The molecule has 1 fully saturated rings. The highest BCUT2D eigenvalue weighted by atomic mass is 35.5. The number of nitrogens with one attached hydrogen (secondary N) is 1. The van der Waals surface area contributed by atoms with Crippen LogP contribution in [0.2, 0.25) is 5.02 Å². The van der Waals surface area contributed by atoms with Crippen LogP contribution in [0.3, 0.4) is 0 Å². The van der Waals surface area contributed by atoms with Gasteiger partial charge in [0.05, 0.1) is 5.02 Å². The predicted octanol–water partition coefficient (Wildman–Crippen LogP) is 2.25. The number of halogens is 1. The summed E-state index contributed by atoms with van der Waals surface area (Å²) in [6.07, 6.45) is 2.53. The smallest absolute Gasteiger partial charge is 0.231 e. The number of hydrogen-bond donors (Lipinski definition) is 1. The van der Waals surface area contributed by atoms with E-state index >= 15 is 0 Å². The van der Waals surface area contributed by atoms with Crippen LogP contribution in [0.4, 0.5) is 0 Å². The molecule has 0 amide bonds. The number of rotatable bonds is 4. The Morgan fingerprint density at radius 3 is 3.16 bits per heavy atom. The fraction of sp³-hybridized carbons (Fsp3) is 0.571. The van der Waals surface area contributed by atoms with Crippen LogP contribution in [0.15, 0.2) is 12.1 Å². The second-order valence-electron chi connectivity index (χ2n) is 5.14. The molecular weight excluding hydrogens is 264 g/mol. The molecule has 2 heterocycles. The average molecular weight is 283 g/mol. The van der Waals surface area contributed by atoms with Gasteiger partial charge in [-0.2, -0.15) is 0 Å². The number of fused-ring (bicyclic) bond motifs is 1. The molecule has 2 aliphatic heterocycles. The normalized spacial score (nSPS) is 22.1. The first-order chi connectivity index (χ1) is 9.28. The average Bonchev–Trinajstić information content (AvgIpc) is 3.00. The van der Waals surface area contributed by atoms with Crippen molar-refractivity contribution in [1.82, 2.24) is 10.2 Å². The molecule has 19 heavy (non-hydrogen) atoms. The monoisotopic (exact) mass is 282 g/mol. The number of nitrogens with zero attached hydrogens (tertiary/aromatic N) is 1. The minimum absolute atomic E-state index is 0.268. The molecule has 104 valence electrons. The molecule has 1 aromatic carbocycles. The highest BCUT2D eigenvalue weighted by Gasteiger charge is 2.25. The number of benzene rings is 1. The maximum absolute atomic E-state index is 6.22. The highest BCUT2D eigenvalue weighted by molar-refractivity contribution is 6.32. The molecule has 0 aromatic heterocycles. The van der Waals surface area contributed by atoms with Gasteiger partial charge in [0.2, 0.25) is 6.79 Å². The fourth-order valence-electron chi connectivity index (χ4n) is 2.92. The maximum atomic E-state index is 6.22. The third-order valence-electron chi connectivity index (χ3n) is 3.81. The molecular formula is C14H19ClN2O2. The first kappa shape index (κ1) is 13.0. The largest absolute Gasteiger partial charge is 0.454 e. The Balaban J connectivity index is 1.74. The van der Waals surface area contributed by atoms with E-state index in [0.29, 0.717) is 16.8 Å². The summed E-state index contributed by atoms with van der Waals surface area (Å²) in [6, 6.07) is 4.65. The number of likely N-dealkylation sites (tertiary alicyclic amines) is 1. The van der Waals surface area contributed by atoms with Crippen LogP contribution in [0.1, 0.15) is 18.4 Å². The van der Waals surface area contributed by atoms with Gasteiger partial charge in [-0.05, 0) is 44.1 Å². The lowest BCUT2D eigenvalue weighted by Gasteiger charge is -2.24. The summed E-state index contributed by atoms with van der Waals surface area (Å²) in [7, 11) is 2.01. The van der Waals surface area contributed by atoms with Crippen LogP contribution in [-0.2, 0) is 6.54 Å². The van der Waals surface area contributed by atoms with Crippen molar-refractivity contribution in [1.29, 1.82) is 0 Å². The van der Waals surface area contributed by atoms with Gasteiger partial charge in [-0.3, -0.25) is 4.90 Å². The Kier molecular flexibility index (Phi) is 3.82. The third-order valence-corrected chi connectivity index (χ3v) is 4.09. The van der Waals surface area contributed by atoms with Crippen LogP contribution in [0.25, 0.3) is 0 Å². The molecule has 4 nitrogen and oxygen atoms in total. The molecule has 1 aromatic rings.